The van der Waals surface area contributed by atoms with Crippen LogP contribution in [0.3, 0.4) is 0 Å². The Morgan fingerprint density at radius 3 is 2.56 bits per heavy atom. The Morgan fingerprint density at radius 1 is 1.39 bits per heavy atom. The molecule has 0 aromatic carbocycles. The predicted octanol–water partition coefficient (Wildman–Crippen LogP) is 0.522. The van der Waals surface area contributed by atoms with Crippen molar-refractivity contribution in [1.82, 2.24) is 4.90 Å². The molecule has 0 aromatic heterocycles. The fourth-order valence-electron chi connectivity index (χ4n) is 2.73. The highest BCUT2D eigenvalue weighted by molar-refractivity contribution is 5.80. The van der Waals surface area contributed by atoms with Gasteiger partial charge in [0, 0.05) is 45.7 Å². The van der Waals surface area contributed by atoms with Crippen molar-refractivity contribution in [2.75, 3.05) is 32.8 Å². The Morgan fingerprint density at radius 2 is 2.00 bits per heavy atom. The van der Waals surface area contributed by atoms with E-state index in [-0.39, 0.29) is 11.5 Å². The number of amides is 1. The van der Waals surface area contributed by atoms with Gasteiger partial charge in [0.2, 0.25) is 0 Å². The second kappa shape index (κ2) is 5.99. The van der Waals surface area contributed by atoms with Crippen molar-refractivity contribution in [2.24, 2.45) is 5.73 Å². The van der Waals surface area contributed by atoms with Crippen LogP contribution in [-0.2, 0) is 14.3 Å². The molecule has 0 saturated carbocycles. The second-order valence-corrected chi connectivity index (χ2v) is 5.29. The normalized spacial score (nSPS) is 25.1. The zero-order valence-corrected chi connectivity index (χ0v) is 11.2. The predicted molar refractivity (Wildman–Crippen MR) is 68.2 cm³/mol. The molecule has 2 saturated heterocycles. The third-order valence-corrected chi connectivity index (χ3v) is 3.97. The van der Waals surface area contributed by atoms with Crippen molar-refractivity contribution >= 4 is 5.91 Å². The monoisotopic (exact) mass is 256 g/mol. The highest BCUT2D eigenvalue weighted by Crippen LogP contribution is 2.26. The number of rotatable bonds is 4. The lowest BCUT2D eigenvalue weighted by Crippen LogP contribution is -2.50. The number of carbonyl (C=O) groups excluding carboxylic acids is 1. The minimum Gasteiger partial charge on any atom is -0.381 e. The minimum atomic E-state index is -0.398. The highest BCUT2D eigenvalue weighted by Gasteiger charge is 2.36. The summed E-state index contributed by atoms with van der Waals surface area (Å²) >= 11 is 0. The van der Waals surface area contributed by atoms with Gasteiger partial charge in [-0.15, -0.1) is 0 Å². The maximum atomic E-state index is 12.2. The SMILES string of the molecule is CC(OC1(CN)CCOCC1)C(=O)N1CCCC1. The molecule has 1 atom stereocenters. The molecule has 2 aliphatic rings. The van der Waals surface area contributed by atoms with Crippen molar-refractivity contribution < 1.29 is 14.3 Å². The molecule has 5 heteroatoms. The quantitative estimate of drug-likeness (QED) is 0.796. The fraction of sp³-hybridized carbons (Fsp3) is 0.923. The Bertz CT molecular complexity index is 284. The molecule has 2 N–H and O–H groups in total. The van der Waals surface area contributed by atoms with E-state index >= 15 is 0 Å². The van der Waals surface area contributed by atoms with E-state index in [0.29, 0.717) is 19.8 Å². The lowest BCUT2D eigenvalue weighted by molar-refractivity contribution is -0.165. The number of hydrogen-bond acceptors (Lipinski definition) is 4. The van der Waals surface area contributed by atoms with Crippen LogP contribution in [0.5, 0.6) is 0 Å². The molecule has 1 unspecified atom stereocenters. The van der Waals surface area contributed by atoms with Crippen LogP contribution in [0.15, 0.2) is 0 Å². The molecule has 2 aliphatic heterocycles. The van der Waals surface area contributed by atoms with Crippen molar-refractivity contribution in [2.45, 2.75) is 44.3 Å². The summed E-state index contributed by atoms with van der Waals surface area (Å²) < 4.78 is 11.3. The van der Waals surface area contributed by atoms with E-state index in [2.05, 4.69) is 0 Å². The molecule has 2 rings (SSSR count). The second-order valence-electron chi connectivity index (χ2n) is 5.29. The van der Waals surface area contributed by atoms with Crippen LogP contribution in [0.4, 0.5) is 0 Å². The minimum absolute atomic E-state index is 0.104. The highest BCUT2D eigenvalue weighted by atomic mass is 16.5. The first kappa shape index (κ1) is 13.8. The van der Waals surface area contributed by atoms with E-state index < -0.39 is 6.10 Å². The number of ether oxygens (including phenoxy) is 2. The van der Waals surface area contributed by atoms with Gasteiger partial charge in [0.15, 0.2) is 0 Å². The maximum absolute atomic E-state index is 12.2. The molecule has 0 aromatic rings. The van der Waals surface area contributed by atoms with Crippen LogP contribution in [0, 0.1) is 0 Å². The first-order valence-corrected chi connectivity index (χ1v) is 6.91. The molecular weight excluding hydrogens is 232 g/mol. The van der Waals surface area contributed by atoms with Gasteiger partial charge >= 0.3 is 0 Å². The van der Waals surface area contributed by atoms with Gasteiger partial charge in [0.1, 0.15) is 6.10 Å². The number of hydrogen-bond donors (Lipinski definition) is 1. The standard InChI is InChI=1S/C13H24N2O3/c1-11(12(16)15-6-2-3-7-15)18-13(10-14)4-8-17-9-5-13/h11H,2-10,14H2,1H3. The van der Waals surface area contributed by atoms with Gasteiger partial charge in [-0.2, -0.15) is 0 Å². The van der Waals surface area contributed by atoms with Crippen LogP contribution < -0.4 is 5.73 Å². The van der Waals surface area contributed by atoms with E-state index in [1.807, 2.05) is 11.8 Å². The van der Waals surface area contributed by atoms with E-state index in [4.69, 9.17) is 15.2 Å². The summed E-state index contributed by atoms with van der Waals surface area (Å²) in [5, 5.41) is 0. The van der Waals surface area contributed by atoms with E-state index in [1.165, 1.54) is 0 Å². The number of likely N-dealkylation sites (tertiary alicyclic amines) is 1. The summed E-state index contributed by atoms with van der Waals surface area (Å²) in [7, 11) is 0. The van der Waals surface area contributed by atoms with Crippen LogP contribution in [0.25, 0.3) is 0 Å². The topological polar surface area (TPSA) is 64.8 Å². The Kier molecular flexibility index (Phi) is 4.59. The molecule has 2 heterocycles. The van der Waals surface area contributed by atoms with Gasteiger partial charge < -0.3 is 20.1 Å². The molecule has 18 heavy (non-hydrogen) atoms. The first-order chi connectivity index (χ1) is 8.67. The Labute approximate surface area is 109 Å². The van der Waals surface area contributed by atoms with E-state index in [9.17, 15) is 4.79 Å². The van der Waals surface area contributed by atoms with Gasteiger partial charge in [-0.3, -0.25) is 4.79 Å². The smallest absolute Gasteiger partial charge is 0.251 e. The largest absolute Gasteiger partial charge is 0.381 e. The van der Waals surface area contributed by atoms with E-state index in [0.717, 1.165) is 38.8 Å². The number of carbonyl (C=O) groups is 1. The van der Waals surface area contributed by atoms with Crippen LogP contribution in [-0.4, -0.2) is 55.4 Å². The zero-order chi connectivity index (χ0) is 13.0. The van der Waals surface area contributed by atoms with Crippen LogP contribution in [0.2, 0.25) is 0 Å². The Balaban J connectivity index is 1.91. The van der Waals surface area contributed by atoms with Crippen molar-refractivity contribution in [1.29, 1.82) is 0 Å². The van der Waals surface area contributed by atoms with Crippen molar-refractivity contribution in [3.05, 3.63) is 0 Å². The van der Waals surface area contributed by atoms with Gasteiger partial charge in [-0.05, 0) is 19.8 Å². The molecule has 0 radical (unpaired) electrons. The molecular formula is C13H24N2O3. The average Bonchev–Trinajstić information content (AvgIpc) is 2.92. The molecule has 0 spiro atoms. The third kappa shape index (κ3) is 3.02. The van der Waals surface area contributed by atoms with E-state index in [1.54, 1.807) is 0 Å². The summed E-state index contributed by atoms with van der Waals surface area (Å²) in [6.07, 6.45) is 3.37. The van der Waals surface area contributed by atoms with Gasteiger partial charge in [0.05, 0.1) is 5.60 Å². The number of nitrogens with two attached hydrogens (primary N) is 1. The number of nitrogens with zero attached hydrogens (tertiary/aromatic N) is 1. The third-order valence-electron chi connectivity index (χ3n) is 3.97. The maximum Gasteiger partial charge on any atom is 0.251 e. The fourth-order valence-corrected chi connectivity index (χ4v) is 2.73. The first-order valence-electron chi connectivity index (χ1n) is 6.91. The van der Waals surface area contributed by atoms with Crippen molar-refractivity contribution in [3.63, 3.8) is 0 Å². The molecule has 104 valence electrons. The summed E-state index contributed by atoms with van der Waals surface area (Å²) in [6.45, 7) is 5.36. The molecule has 2 fully saturated rings. The Hall–Kier alpha value is -0.650. The van der Waals surface area contributed by atoms with Crippen LogP contribution in [0.1, 0.15) is 32.6 Å². The summed E-state index contributed by atoms with van der Waals surface area (Å²) in [4.78, 5) is 14.1. The average molecular weight is 256 g/mol. The van der Waals surface area contributed by atoms with Gasteiger partial charge in [-0.25, -0.2) is 0 Å². The lowest BCUT2D eigenvalue weighted by atomic mass is 9.94. The molecule has 1 amide bonds. The van der Waals surface area contributed by atoms with Crippen LogP contribution >= 0.6 is 0 Å². The molecule has 0 bridgehead atoms. The lowest BCUT2D eigenvalue weighted by Gasteiger charge is -2.38. The summed E-state index contributed by atoms with van der Waals surface area (Å²) in [6, 6.07) is 0. The van der Waals surface area contributed by atoms with Gasteiger partial charge in [-0.1, -0.05) is 0 Å². The summed E-state index contributed by atoms with van der Waals surface area (Å²) in [5.41, 5.74) is 5.47. The molecule has 5 nitrogen and oxygen atoms in total. The zero-order valence-electron chi connectivity index (χ0n) is 11.2. The van der Waals surface area contributed by atoms with Crippen molar-refractivity contribution in [3.8, 4) is 0 Å². The molecule has 0 aliphatic carbocycles. The van der Waals surface area contributed by atoms with Gasteiger partial charge in [0.25, 0.3) is 5.91 Å². The summed E-state index contributed by atoms with van der Waals surface area (Å²) in [5.74, 6) is 0.104.